The van der Waals surface area contributed by atoms with E-state index < -0.39 is 6.04 Å². The summed E-state index contributed by atoms with van der Waals surface area (Å²) in [5.41, 5.74) is 1.76. The summed E-state index contributed by atoms with van der Waals surface area (Å²) < 4.78 is 13.3. The SMILES string of the molecule is C[C@@H](C(=O)NC1CCCCC1)N(Cc1ccc(F)cc1)C(=O)CSCc1ccccc1Cl. The highest BCUT2D eigenvalue weighted by atomic mass is 35.5. The van der Waals surface area contributed by atoms with Gasteiger partial charge in [0.2, 0.25) is 11.8 Å². The minimum atomic E-state index is -0.615. The van der Waals surface area contributed by atoms with Gasteiger partial charge in [-0.2, -0.15) is 0 Å². The van der Waals surface area contributed by atoms with Crippen molar-refractivity contribution in [3.8, 4) is 0 Å². The van der Waals surface area contributed by atoms with Crippen LogP contribution in [0.15, 0.2) is 48.5 Å². The number of nitrogens with one attached hydrogen (secondary N) is 1. The molecule has 7 heteroatoms. The third-order valence-corrected chi connectivity index (χ3v) is 7.16. The Kier molecular flexibility index (Phi) is 9.42. The summed E-state index contributed by atoms with van der Waals surface area (Å²) in [6, 6.07) is 13.2. The molecule has 1 aliphatic rings. The maximum absolute atomic E-state index is 13.3. The maximum atomic E-state index is 13.3. The molecule has 1 fully saturated rings. The zero-order chi connectivity index (χ0) is 22.9. The number of hydrogen-bond acceptors (Lipinski definition) is 3. The van der Waals surface area contributed by atoms with E-state index in [1.54, 1.807) is 24.0 Å². The standard InChI is InChI=1S/C25H30ClFN2O2S/c1-18(25(31)28-22-8-3-2-4-9-22)29(15-19-11-13-21(27)14-12-19)24(30)17-32-16-20-7-5-6-10-23(20)26/h5-7,10-14,18,22H,2-4,8-9,15-17H2,1H3,(H,28,31)/t18-/m0/s1. The van der Waals surface area contributed by atoms with Crippen LogP contribution in [-0.2, 0) is 21.9 Å². The van der Waals surface area contributed by atoms with Gasteiger partial charge in [0.15, 0.2) is 0 Å². The van der Waals surface area contributed by atoms with E-state index in [4.69, 9.17) is 11.6 Å². The van der Waals surface area contributed by atoms with Gasteiger partial charge in [-0.25, -0.2) is 4.39 Å². The topological polar surface area (TPSA) is 49.4 Å². The van der Waals surface area contributed by atoms with Crippen LogP contribution in [0.4, 0.5) is 4.39 Å². The first-order valence-electron chi connectivity index (χ1n) is 11.1. The predicted octanol–water partition coefficient (Wildman–Crippen LogP) is 5.58. The van der Waals surface area contributed by atoms with E-state index in [1.807, 2.05) is 24.3 Å². The highest BCUT2D eigenvalue weighted by Gasteiger charge is 2.28. The molecule has 0 radical (unpaired) electrons. The van der Waals surface area contributed by atoms with Crippen molar-refractivity contribution >= 4 is 35.2 Å². The number of nitrogens with zero attached hydrogens (tertiary/aromatic N) is 1. The molecule has 0 aromatic heterocycles. The smallest absolute Gasteiger partial charge is 0.242 e. The molecule has 0 aliphatic heterocycles. The molecule has 1 N–H and O–H groups in total. The monoisotopic (exact) mass is 476 g/mol. The molecule has 0 heterocycles. The zero-order valence-electron chi connectivity index (χ0n) is 18.4. The van der Waals surface area contributed by atoms with E-state index in [0.717, 1.165) is 36.8 Å². The van der Waals surface area contributed by atoms with Crippen molar-refractivity contribution in [2.75, 3.05) is 5.75 Å². The van der Waals surface area contributed by atoms with Crippen molar-refractivity contribution in [2.24, 2.45) is 0 Å². The molecule has 0 saturated heterocycles. The van der Waals surface area contributed by atoms with Crippen LogP contribution in [0.3, 0.4) is 0 Å². The summed E-state index contributed by atoms with van der Waals surface area (Å²) in [4.78, 5) is 27.7. The fraction of sp³-hybridized carbons (Fsp3) is 0.440. The lowest BCUT2D eigenvalue weighted by Gasteiger charge is -2.31. The van der Waals surface area contributed by atoms with E-state index in [0.29, 0.717) is 10.8 Å². The summed E-state index contributed by atoms with van der Waals surface area (Å²) in [6.07, 6.45) is 5.42. The van der Waals surface area contributed by atoms with Crippen LogP contribution in [0.25, 0.3) is 0 Å². The van der Waals surface area contributed by atoms with Gasteiger partial charge >= 0.3 is 0 Å². The van der Waals surface area contributed by atoms with Gasteiger partial charge in [0.05, 0.1) is 5.75 Å². The molecule has 1 aliphatic carbocycles. The Morgan fingerprint density at radius 3 is 2.50 bits per heavy atom. The molecule has 0 spiro atoms. The Labute approximate surface area is 198 Å². The lowest BCUT2D eigenvalue weighted by Crippen LogP contribution is -2.50. The van der Waals surface area contributed by atoms with E-state index >= 15 is 0 Å². The second kappa shape index (κ2) is 12.3. The summed E-state index contributed by atoms with van der Waals surface area (Å²) in [6.45, 7) is 2.02. The van der Waals surface area contributed by atoms with Crippen molar-refractivity contribution in [3.05, 3.63) is 70.5 Å². The molecule has 2 amide bonds. The van der Waals surface area contributed by atoms with Gasteiger partial charge in [0.1, 0.15) is 11.9 Å². The van der Waals surface area contributed by atoms with Gasteiger partial charge in [-0.15, -0.1) is 11.8 Å². The lowest BCUT2D eigenvalue weighted by atomic mass is 9.95. The molecule has 4 nitrogen and oxygen atoms in total. The maximum Gasteiger partial charge on any atom is 0.242 e. The van der Waals surface area contributed by atoms with Crippen LogP contribution in [0, 0.1) is 5.82 Å². The largest absolute Gasteiger partial charge is 0.352 e. The zero-order valence-corrected chi connectivity index (χ0v) is 19.9. The molecular formula is C25H30ClFN2O2S. The van der Waals surface area contributed by atoms with E-state index in [-0.39, 0.29) is 36.0 Å². The number of amides is 2. The minimum Gasteiger partial charge on any atom is -0.352 e. The molecule has 2 aromatic carbocycles. The molecular weight excluding hydrogens is 447 g/mol. The number of hydrogen-bond donors (Lipinski definition) is 1. The van der Waals surface area contributed by atoms with E-state index in [2.05, 4.69) is 5.32 Å². The molecule has 32 heavy (non-hydrogen) atoms. The normalized spacial score (nSPS) is 15.2. The quantitative estimate of drug-likeness (QED) is 0.514. The van der Waals surface area contributed by atoms with E-state index in [1.165, 1.54) is 30.3 Å². The van der Waals surface area contributed by atoms with Gasteiger partial charge in [-0.1, -0.05) is 61.2 Å². The molecule has 1 saturated carbocycles. The second-order valence-electron chi connectivity index (χ2n) is 8.25. The average molecular weight is 477 g/mol. The predicted molar refractivity (Wildman–Crippen MR) is 129 cm³/mol. The average Bonchev–Trinajstić information content (AvgIpc) is 2.80. The van der Waals surface area contributed by atoms with Crippen LogP contribution in [0.5, 0.6) is 0 Å². The Morgan fingerprint density at radius 2 is 1.81 bits per heavy atom. The van der Waals surface area contributed by atoms with Crippen LogP contribution < -0.4 is 5.32 Å². The van der Waals surface area contributed by atoms with Crippen molar-refractivity contribution in [2.45, 2.75) is 63.4 Å². The molecule has 2 aromatic rings. The first kappa shape index (κ1) is 24.6. The van der Waals surface area contributed by atoms with Crippen LogP contribution in [0.1, 0.15) is 50.2 Å². The summed E-state index contributed by atoms with van der Waals surface area (Å²) >= 11 is 7.68. The number of carbonyl (C=O) groups excluding carboxylic acids is 2. The van der Waals surface area contributed by atoms with Crippen molar-refractivity contribution in [1.29, 1.82) is 0 Å². The second-order valence-corrected chi connectivity index (χ2v) is 9.64. The summed E-state index contributed by atoms with van der Waals surface area (Å²) in [5, 5.41) is 3.80. The highest BCUT2D eigenvalue weighted by molar-refractivity contribution is 7.99. The van der Waals surface area contributed by atoms with Gasteiger partial charge < -0.3 is 10.2 Å². The molecule has 3 rings (SSSR count). The molecule has 0 bridgehead atoms. The fourth-order valence-corrected chi connectivity index (χ4v) is 5.08. The minimum absolute atomic E-state index is 0.127. The molecule has 0 unspecified atom stereocenters. The van der Waals surface area contributed by atoms with Gasteiger partial charge in [0, 0.05) is 23.4 Å². The van der Waals surface area contributed by atoms with Gasteiger partial charge in [-0.3, -0.25) is 9.59 Å². The third-order valence-electron chi connectivity index (χ3n) is 5.83. The van der Waals surface area contributed by atoms with Crippen LogP contribution in [-0.4, -0.2) is 34.6 Å². The Morgan fingerprint density at radius 1 is 1.12 bits per heavy atom. The Balaban J connectivity index is 1.65. The van der Waals surface area contributed by atoms with Crippen molar-refractivity contribution < 1.29 is 14.0 Å². The first-order valence-corrected chi connectivity index (χ1v) is 12.6. The van der Waals surface area contributed by atoms with Crippen LogP contribution >= 0.6 is 23.4 Å². The highest BCUT2D eigenvalue weighted by Crippen LogP contribution is 2.22. The summed E-state index contributed by atoms with van der Waals surface area (Å²) in [7, 11) is 0. The van der Waals surface area contributed by atoms with Crippen molar-refractivity contribution in [1.82, 2.24) is 10.2 Å². The Hall–Kier alpha value is -2.05. The number of benzene rings is 2. The first-order chi connectivity index (χ1) is 15.4. The fourth-order valence-electron chi connectivity index (χ4n) is 3.88. The third kappa shape index (κ3) is 7.24. The van der Waals surface area contributed by atoms with Gasteiger partial charge in [0.25, 0.3) is 0 Å². The van der Waals surface area contributed by atoms with E-state index in [9.17, 15) is 14.0 Å². The van der Waals surface area contributed by atoms with Crippen LogP contribution in [0.2, 0.25) is 5.02 Å². The lowest BCUT2D eigenvalue weighted by molar-refractivity contribution is -0.139. The number of halogens is 2. The molecule has 1 atom stereocenters. The Bertz CT molecular complexity index is 903. The van der Waals surface area contributed by atoms with Crippen molar-refractivity contribution in [3.63, 3.8) is 0 Å². The number of thioether (sulfide) groups is 1. The van der Waals surface area contributed by atoms with Gasteiger partial charge in [-0.05, 0) is 49.1 Å². The summed E-state index contributed by atoms with van der Waals surface area (Å²) in [5.74, 6) is 0.248. The number of carbonyl (C=O) groups is 2. The molecule has 172 valence electrons. The number of rotatable bonds is 9.